The fourth-order valence-electron chi connectivity index (χ4n) is 0.528. The van der Waals surface area contributed by atoms with Crippen LogP contribution in [0.4, 0.5) is 5.13 Å². The SMILES string of the molecule is CON=C([C]=S)c1nsc(N)n1. The molecule has 0 saturated carbocycles. The zero-order valence-corrected chi connectivity index (χ0v) is 7.78. The van der Waals surface area contributed by atoms with Crippen LogP contribution in [0, 0.1) is 0 Å². The van der Waals surface area contributed by atoms with Crippen molar-refractivity contribution in [2.24, 2.45) is 5.16 Å². The number of aromatic nitrogens is 2. The fraction of sp³-hybridized carbons (Fsp3) is 0.200. The Labute approximate surface area is 78.4 Å². The Morgan fingerprint density at radius 3 is 3.00 bits per heavy atom. The second kappa shape index (κ2) is 4.07. The highest BCUT2D eigenvalue weighted by Gasteiger charge is 2.07. The van der Waals surface area contributed by atoms with E-state index < -0.39 is 0 Å². The fourth-order valence-corrected chi connectivity index (χ4v) is 1.09. The van der Waals surface area contributed by atoms with Crippen LogP contribution in [0.1, 0.15) is 5.82 Å². The molecule has 0 atom stereocenters. The largest absolute Gasteiger partial charge is 0.399 e. The lowest BCUT2D eigenvalue weighted by molar-refractivity contribution is 0.214. The number of hydrogen-bond acceptors (Lipinski definition) is 7. The van der Waals surface area contributed by atoms with E-state index in [1.165, 1.54) is 7.11 Å². The lowest BCUT2D eigenvalue weighted by atomic mass is 10.4. The minimum absolute atomic E-state index is 0.278. The zero-order chi connectivity index (χ0) is 8.97. The predicted molar refractivity (Wildman–Crippen MR) is 50.5 cm³/mol. The summed E-state index contributed by atoms with van der Waals surface area (Å²) in [5.41, 5.74) is 5.63. The number of nitrogens with two attached hydrogens (primary N) is 1. The van der Waals surface area contributed by atoms with Gasteiger partial charge in [-0.2, -0.15) is 9.36 Å². The molecule has 63 valence electrons. The van der Waals surface area contributed by atoms with Gasteiger partial charge in [0.1, 0.15) is 7.11 Å². The van der Waals surface area contributed by atoms with E-state index in [9.17, 15) is 0 Å². The van der Waals surface area contributed by atoms with Crippen LogP contribution in [0.25, 0.3) is 0 Å². The third kappa shape index (κ3) is 1.95. The standard InChI is InChI=1S/C5H5N4OS2/c1-10-8-3(2-11)4-7-5(6)12-9-4/h1H3,(H2,6,7,9). The van der Waals surface area contributed by atoms with Crippen molar-refractivity contribution in [3.8, 4) is 0 Å². The molecule has 0 aliphatic carbocycles. The van der Waals surface area contributed by atoms with Crippen LogP contribution < -0.4 is 5.73 Å². The number of nitrogens with zero attached hydrogens (tertiary/aromatic N) is 3. The van der Waals surface area contributed by atoms with Gasteiger partial charge in [0.05, 0.1) is 5.37 Å². The van der Waals surface area contributed by atoms with Crippen LogP contribution in [0.2, 0.25) is 0 Å². The second-order valence-electron chi connectivity index (χ2n) is 1.68. The van der Waals surface area contributed by atoms with Gasteiger partial charge in [0.2, 0.25) is 0 Å². The summed E-state index contributed by atoms with van der Waals surface area (Å²) in [6.07, 6.45) is 0. The summed E-state index contributed by atoms with van der Waals surface area (Å²) in [6.45, 7) is 0. The summed E-state index contributed by atoms with van der Waals surface area (Å²) in [5.74, 6) is 0.342. The smallest absolute Gasteiger partial charge is 0.200 e. The Morgan fingerprint density at radius 1 is 1.83 bits per heavy atom. The summed E-state index contributed by atoms with van der Waals surface area (Å²) in [5, 5.41) is 6.28. The van der Waals surface area contributed by atoms with Gasteiger partial charge in [0, 0.05) is 11.5 Å². The summed E-state index contributed by atoms with van der Waals surface area (Å²) in [4.78, 5) is 8.35. The summed E-state index contributed by atoms with van der Waals surface area (Å²) in [6, 6.07) is 0. The van der Waals surface area contributed by atoms with Crippen LogP contribution in [0.15, 0.2) is 5.16 Å². The second-order valence-corrected chi connectivity index (χ2v) is 2.67. The molecule has 5 nitrogen and oxygen atoms in total. The van der Waals surface area contributed by atoms with Gasteiger partial charge in [-0.1, -0.05) is 17.4 Å². The molecule has 0 fully saturated rings. The zero-order valence-electron chi connectivity index (χ0n) is 6.14. The number of thiocarbonyl (C=S) groups is 1. The quantitative estimate of drug-likeness (QED) is 0.434. The van der Waals surface area contributed by atoms with Crippen molar-refractivity contribution in [3.63, 3.8) is 0 Å². The first-order valence-electron chi connectivity index (χ1n) is 2.86. The monoisotopic (exact) mass is 201 g/mol. The Balaban J connectivity index is 2.94. The number of rotatable bonds is 3. The molecular weight excluding hydrogens is 196 g/mol. The lowest BCUT2D eigenvalue weighted by Crippen LogP contribution is -2.04. The number of oxime groups is 1. The molecule has 0 spiro atoms. The molecule has 0 bridgehead atoms. The first-order chi connectivity index (χ1) is 5.77. The van der Waals surface area contributed by atoms with Crippen molar-refractivity contribution in [3.05, 3.63) is 5.82 Å². The summed E-state index contributed by atoms with van der Waals surface area (Å²) in [7, 11) is 1.41. The number of nitrogen functional groups attached to an aromatic ring is 1. The Morgan fingerprint density at radius 2 is 2.58 bits per heavy atom. The highest BCUT2D eigenvalue weighted by Crippen LogP contribution is 2.05. The van der Waals surface area contributed by atoms with Gasteiger partial charge in [-0.15, -0.1) is 0 Å². The van der Waals surface area contributed by atoms with E-state index in [-0.39, 0.29) is 5.71 Å². The van der Waals surface area contributed by atoms with Crippen molar-refractivity contribution in [2.45, 2.75) is 0 Å². The predicted octanol–water partition coefficient (Wildman–Crippen LogP) is 0.348. The van der Waals surface area contributed by atoms with Gasteiger partial charge >= 0.3 is 0 Å². The van der Waals surface area contributed by atoms with E-state index in [4.69, 9.17) is 5.73 Å². The van der Waals surface area contributed by atoms with Gasteiger partial charge in [0.25, 0.3) is 0 Å². The molecular formula is C5H5N4OS2. The molecule has 0 amide bonds. The third-order valence-corrected chi connectivity index (χ3v) is 1.67. The molecule has 0 aromatic carbocycles. The first kappa shape index (κ1) is 9.01. The molecule has 7 heteroatoms. The van der Waals surface area contributed by atoms with Gasteiger partial charge in [-0.05, 0) is 0 Å². The van der Waals surface area contributed by atoms with E-state index >= 15 is 0 Å². The molecule has 1 heterocycles. The molecule has 0 unspecified atom stereocenters. The van der Waals surface area contributed by atoms with Crippen molar-refractivity contribution in [1.82, 2.24) is 9.36 Å². The van der Waals surface area contributed by atoms with Gasteiger partial charge < -0.3 is 10.6 Å². The first-order valence-corrected chi connectivity index (χ1v) is 4.05. The minimum atomic E-state index is 0.278. The number of anilines is 1. The van der Waals surface area contributed by atoms with Gasteiger partial charge in [-0.3, -0.25) is 0 Å². The molecule has 0 aliphatic rings. The molecule has 1 aromatic heterocycles. The maximum Gasteiger partial charge on any atom is 0.200 e. The van der Waals surface area contributed by atoms with Crippen LogP contribution in [-0.4, -0.2) is 27.5 Å². The number of hydrogen-bond donors (Lipinski definition) is 1. The van der Waals surface area contributed by atoms with Crippen LogP contribution in [0.5, 0.6) is 0 Å². The van der Waals surface area contributed by atoms with E-state index in [2.05, 4.69) is 36.9 Å². The van der Waals surface area contributed by atoms with Crippen molar-refractivity contribution in [1.29, 1.82) is 0 Å². The average Bonchev–Trinajstić information content (AvgIpc) is 2.47. The third-order valence-electron chi connectivity index (χ3n) is 0.933. The van der Waals surface area contributed by atoms with Gasteiger partial charge in [0.15, 0.2) is 16.7 Å². The van der Waals surface area contributed by atoms with Crippen molar-refractivity contribution >= 4 is 40.0 Å². The molecule has 12 heavy (non-hydrogen) atoms. The molecule has 1 aromatic rings. The minimum Gasteiger partial charge on any atom is -0.399 e. The van der Waals surface area contributed by atoms with E-state index in [1.807, 2.05) is 0 Å². The highest BCUT2D eigenvalue weighted by molar-refractivity contribution is 7.80. The normalized spacial score (nSPS) is 11.2. The van der Waals surface area contributed by atoms with Crippen LogP contribution in [-0.2, 0) is 4.84 Å². The lowest BCUT2D eigenvalue weighted by Gasteiger charge is -1.89. The van der Waals surface area contributed by atoms with E-state index in [0.717, 1.165) is 11.5 Å². The topological polar surface area (TPSA) is 73.4 Å². The Hall–Kier alpha value is -1.08. The molecule has 2 N–H and O–H groups in total. The summed E-state index contributed by atoms with van der Waals surface area (Å²) >= 11 is 5.62. The van der Waals surface area contributed by atoms with E-state index in [1.54, 1.807) is 0 Å². The average molecular weight is 201 g/mol. The van der Waals surface area contributed by atoms with Gasteiger partial charge in [-0.25, -0.2) is 0 Å². The van der Waals surface area contributed by atoms with Crippen molar-refractivity contribution < 1.29 is 4.84 Å². The van der Waals surface area contributed by atoms with E-state index in [0.29, 0.717) is 11.0 Å². The maximum absolute atomic E-state index is 5.35. The molecule has 1 rings (SSSR count). The summed E-state index contributed by atoms with van der Waals surface area (Å²) < 4.78 is 3.87. The maximum atomic E-state index is 5.35. The Kier molecular flexibility index (Phi) is 3.06. The molecule has 0 aliphatic heterocycles. The van der Waals surface area contributed by atoms with Crippen molar-refractivity contribution in [2.75, 3.05) is 12.8 Å². The Bertz CT molecular complexity index is 308. The van der Waals surface area contributed by atoms with Crippen LogP contribution in [0.3, 0.4) is 0 Å². The van der Waals surface area contributed by atoms with Crippen LogP contribution >= 0.6 is 23.8 Å². The molecule has 0 saturated heterocycles. The molecule has 1 radical (unpaired) electrons. The highest BCUT2D eigenvalue weighted by atomic mass is 32.1.